The van der Waals surface area contributed by atoms with Crippen molar-refractivity contribution in [2.75, 3.05) is 0 Å². The Morgan fingerprint density at radius 2 is 1.89 bits per heavy atom. The number of allylic oxidation sites excluding steroid dienone is 2. The minimum Gasteiger partial charge on any atom is -0.0883 e. The second-order valence-electron chi connectivity index (χ2n) is 7.66. The summed E-state index contributed by atoms with van der Waals surface area (Å²) in [5.41, 5.74) is 0.675. The fourth-order valence-electron chi connectivity index (χ4n) is 4.10. The van der Waals surface area contributed by atoms with Crippen LogP contribution < -0.4 is 0 Å². The lowest BCUT2D eigenvalue weighted by Crippen LogP contribution is -2.24. The Kier molecular flexibility index (Phi) is 5.60. The van der Waals surface area contributed by atoms with Crippen LogP contribution in [-0.4, -0.2) is 7.85 Å². The van der Waals surface area contributed by atoms with E-state index in [1.807, 2.05) is 0 Å². The molecule has 1 saturated carbocycles. The van der Waals surface area contributed by atoms with Crippen molar-refractivity contribution in [3.05, 3.63) is 12.2 Å². The van der Waals surface area contributed by atoms with Crippen molar-refractivity contribution < 1.29 is 0 Å². The van der Waals surface area contributed by atoms with Gasteiger partial charge in [0.05, 0.1) is 0 Å². The Morgan fingerprint density at radius 3 is 2.58 bits per heavy atom. The van der Waals surface area contributed by atoms with Crippen molar-refractivity contribution in [2.45, 2.75) is 78.0 Å². The lowest BCUT2D eigenvalue weighted by atomic mass is 9.65. The van der Waals surface area contributed by atoms with Gasteiger partial charge in [-0.25, -0.2) is 0 Å². The highest BCUT2D eigenvalue weighted by Gasteiger charge is 2.29. The third-order valence-corrected chi connectivity index (χ3v) is 6.24. The summed E-state index contributed by atoms with van der Waals surface area (Å²) in [4.78, 5) is 0. The number of hydrogen-bond acceptors (Lipinski definition) is 0. The minimum atomic E-state index is 0.675. The molecule has 2 atom stereocenters. The van der Waals surface area contributed by atoms with Gasteiger partial charge in [-0.1, -0.05) is 38.7 Å². The van der Waals surface area contributed by atoms with Crippen molar-refractivity contribution in [3.8, 4) is 0 Å². The second-order valence-corrected chi connectivity index (χ2v) is 7.66. The molecule has 2 aliphatic rings. The Balaban J connectivity index is 1.73. The molecule has 0 aliphatic heterocycles. The molecule has 2 unspecified atom stereocenters. The van der Waals surface area contributed by atoms with E-state index in [4.69, 9.17) is 0 Å². The van der Waals surface area contributed by atoms with E-state index in [-0.39, 0.29) is 0 Å². The molecule has 0 nitrogen and oxygen atoms in total. The maximum absolute atomic E-state index is 2.50. The van der Waals surface area contributed by atoms with Crippen LogP contribution in [0, 0.1) is 23.2 Å². The van der Waals surface area contributed by atoms with Crippen LogP contribution >= 0.6 is 0 Å². The van der Waals surface area contributed by atoms with Crippen LogP contribution in [0.4, 0.5) is 0 Å². The first-order valence-corrected chi connectivity index (χ1v) is 8.79. The highest BCUT2D eigenvalue weighted by molar-refractivity contribution is 6.08. The van der Waals surface area contributed by atoms with Crippen LogP contribution in [0.3, 0.4) is 0 Å². The Bertz CT molecular complexity index is 286. The third kappa shape index (κ3) is 4.40. The molecule has 0 aromatic rings. The van der Waals surface area contributed by atoms with E-state index < -0.39 is 0 Å². The summed E-state index contributed by atoms with van der Waals surface area (Å²) < 4.78 is 0. The first-order chi connectivity index (χ1) is 9.13. The average Bonchev–Trinajstić information content (AvgIpc) is 2.63. The summed E-state index contributed by atoms with van der Waals surface area (Å²) in [6, 6.07) is 0. The van der Waals surface area contributed by atoms with Crippen LogP contribution in [0.15, 0.2) is 12.2 Å². The fourth-order valence-corrected chi connectivity index (χ4v) is 4.10. The topological polar surface area (TPSA) is 0 Å². The lowest BCUT2D eigenvalue weighted by Gasteiger charge is -2.37. The first-order valence-electron chi connectivity index (χ1n) is 8.79. The monoisotopic (exact) mass is 260 g/mol. The highest BCUT2D eigenvalue weighted by atomic mass is 14.3. The van der Waals surface area contributed by atoms with Crippen molar-refractivity contribution in [1.29, 1.82) is 0 Å². The molecule has 0 spiro atoms. The molecule has 0 aromatic heterocycles. The molecule has 1 heteroatoms. The van der Waals surface area contributed by atoms with Gasteiger partial charge in [-0.05, 0) is 74.5 Å². The second kappa shape index (κ2) is 7.00. The van der Waals surface area contributed by atoms with Gasteiger partial charge < -0.3 is 0 Å². The molecule has 0 saturated heterocycles. The SMILES string of the molecule is BCC1(C)CCC(CCC2CCCC=CC2C)CC1. The Hall–Kier alpha value is -0.195. The summed E-state index contributed by atoms with van der Waals surface area (Å²) >= 11 is 0. The standard InChI is InChI=1S/C18H33B/c1-15-6-4-3-5-7-17(15)9-8-16-10-12-18(2,14-19)13-11-16/h4,6,15-17H,3,5,7-14,19H2,1-2H3. The van der Waals surface area contributed by atoms with E-state index in [1.54, 1.807) is 0 Å². The Morgan fingerprint density at radius 1 is 1.16 bits per heavy atom. The predicted molar refractivity (Wildman–Crippen MR) is 88.3 cm³/mol. The largest absolute Gasteiger partial charge is 0.102 e. The molecule has 0 bridgehead atoms. The van der Waals surface area contributed by atoms with Crippen LogP contribution in [0.25, 0.3) is 0 Å². The van der Waals surface area contributed by atoms with Gasteiger partial charge in [-0.3, -0.25) is 0 Å². The van der Waals surface area contributed by atoms with Crippen molar-refractivity contribution in [1.82, 2.24) is 0 Å². The van der Waals surface area contributed by atoms with Crippen LogP contribution in [0.2, 0.25) is 6.32 Å². The van der Waals surface area contributed by atoms with E-state index in [1.165, 1.54) is 64.1 Å². The molecule has 0 radical (unpaired) electrons. The number of rotatable bonds is 4. The van der Waals surface area contributed by atoms with Gasteiger partial charge in [0.15, 0.2) is 0 Å². The smallest absolute Gasteiger partial charge is 0.0883 e. The lowest BCUT2D eigenvalue weighted by molar-refractivity contribution is 0.175. The molecule has 0 N–H and O–H groups in total. The van der Waals surface area contributed by atoms with E-state index in [2.05, 4.69) is 33.8 Å². The van der Waals surface area contributed by atoms with E-state index in [9.17, 15) is 0 Å². The normalized spacial score (nSPS) is 40.0. The quantitative estimate of drug-likeness (QED) is 0.492. The van der Waals surface area contributed by atoms with Gasteiger partial charge in [0.2, 0.25) is 0 Å². The van der Waals surface area contributed by atoms with Gasteiger partial charge in [-0.15, -0.1) is 0 Å². The van der Waals surface area contributed by atoms with E-state index >= 15 is 0 Å². The zero-order chi connectivity index (χ0) is 13.7. The Labute approximate surface area is 121 Å². The van der Waals surface area contributed by atoms with Crippen LogP contribution in [0.1, 0.15) is 71.6 Å². The van der Waals surface area contributed by atoms with Crippen LogP contribution in [-0.2, 0) is 0 Å². The van der Waals surface area contributed by atoms with Gasteiger partial charge in [0.25, 0.3) is 0 Å². The molecule has 2 aliphatic carbocycles. The van der Waals surface area contributed by atoms with Gasteiger partial charge in [0.1, 0.15) is 7.85 Å². The summed E-state index contributed by atoms with van der Waals surface area (Å²) in [6.45, 7) is 4.93. The molecule has 2 rings (SSSR count). The van der Waals surface area contributed by atoms with Crippen LogP contribution in [0.5, 0.6) is 0 Å². The maximum Gasteiger partial charge on any atom is 0.102 e. The van der Waals surface area contributed by atoms with E-state index in [0.717, 1.165) is 17.8 Å². The molecule has 19 heavy (non-hydrogen) atoms. The summed E-state index contributed by atoms with van der Waals surface area (Å²) in [6.07, 6.45) is 19.4. The molecular formula is C18H33B. The molecule has 0 aromatic carbocycles. The van der Waals surface area contributed by atoms with Gasteiger partial charge >= 0.3 is 0 Å². The van der Waals surface area contributed by atoms with Gasteiger partial charge in [-0.2, -0.15) is 0 Å². The van der Waals surface area contributed by atoms with Crippen molar-refractivity contribution in [3.63, 3.8) is 0 Å². The third-order valence-electron chi connectivity index (χ3n) is 6.24. The molecule has 0 heterocycles. The molecular weight excluding hydrogens is 227 g/mol. The summed E-state index contributed by atoms with van der Waals surface area (Å²) in [5.74, 6) is 2.84. The first kappa shape index (κ1) is 15.2. The molecule has 1 fully saturated rings. The zero-order valence-electron chi connectivity index (χ0n) is 13.5. The predicted octanol–water partition coefficient (Wildman–Crippen LogP) is 5.01. The fraction of sp³-hybridized carbons (Fsp3) is 0.889. The molecule has 108 valence electrons. The summed E-state index contributed by atoms with van der Waals surface area (Å²) in [5, 5.41) is 0. The number of hydrogen-bond donors (Lipinski definition) is 0. The minimum absolute atomic E-state index is 0.675. The van der Waals surface area contributed by atoms with Gasteiger partial charge in [0, 0.05) is 0 Å². The average molecular weight is 260 g/mol. The van der Waals surface area contributed by atoms with E-state index in [0.29, 0.717) is 5.41 Å². The zero-order valence-corrected chi connectivity index (χ0v) is 13.5. The summed E-state index contributed by atoms with van der Waals surface area (Å²) in [7, 11) is 2.37. The van der Waals surface area contributed by atoms with Crippen molar-refractivity contribution in [2.24, 2.45) is 23.2 Å². The van der Waals surface area contributed by atoms with Crippen molar-refractivity contribution >= 4 is 7.85 Å². The maximum atomic E-state index is 2.50. The highest BCUT2D eigenvalue weighted by Crippen LogP contribution is 2.43. The molecule has 0 amide bonds.